The number of hydrogen-bond donors (Lipinski definition) is 2. The van der Waals surface area contributed by atoms with Crippen molar-refractivity contribution in [3.63, 3.8) is 0 Å². The normalized spacial score (nSPS) is 14.3. The average Bonchev–Trinajstić information content (AvgIpc) is 3.46. The van der Waals surface area contributed by atoms with Crippen molar-refractivity contribution < 1.29 is 23.7 Å². The summed E-state index contributed by atoms with van der Waals surface area (Å²) in [4.78, 5) is 24.4. The molecule has 0 bridgehead atoms. The maximum atomic E-state index is 13.0. The molecule has 4 rings (SSSR count). The van der Waals surface area contributed by atoms with Gasteiger partial charge in [0, 0.05) is 36.3 Å². The Labute approximate surface area is 215 Å². The first-order chi connectivity index (χ1) is 17.1. The molecule has 2 heterocycles. The molecule has 9 heteroatoms. The first-order valence-corrected chi connectivity index (χ1v) is 12.7. The van der Waals surface area contributed by atoms with E-state index in [1.165, 1.54) is 0 Å². The van der Waals surface area contributed by atoms with E-state index in [2.05, 4.69) is 29.5 Å². The first kappa shape index (κ1) is 25.9. The molecule has 8 nitrogen and oxygen atoms in total. The van der Waals surface area contributed by atoms with Crippen LogP contribution < -0.4 is 5.32 Å². The van der Waals surface area contributed by atoms with Gasteiger partial charge in [0.25, 0.3) is 0 Å². The van der Waals surface area contributed by atoms with Gasteiger partial charge >= 0.3 is 5.97 Å². The van der Waals surface area contributed by atoms with Crippen LogP contribution in [0, 0.1) is 19.8 Å². The number of carbonyl (C=O) groups excluding carboxylic acids is 1. The standard InChI is InChI=1S/C27H32ClN3O5/c1-14(2)11-21-16(4)25(30-35-21)27-24(17-6-7-17)26(31-36-27)18(8-10-23(33)34)13-22(32)29-20-9-5-15(3)12-19(20)28/h5,9,12,14,17-18H,6-8,10-11,13H2,1-4H3,(H,29,32)(H,33,34)/t18-/m0/s1. The first-order valence-electron chi connectivity index (χ1n) is 12.4. The molecule has 2 N–H and O–H groups in total. The second kappa shape index (κ2) is 10.9. The largest absolute Gasteiger partial charge is 0.481 e. The zero-order valence-corrected chi connectivity index (χ0v) is 21.8. The predicted octanol–water partition coefficient (Wildman–Crippen LogP) is 6.65. The van der Waals surface area contributed by atoms with Crippen LogP contribution >= 0.6 is 11.6 Å². The van der Waals surface area contributed by atoms with E-state index in [0.29, 0.717) is 33.8 Å². The molecule has 3 aromatic rings. The number of nitrogens with zero attached hydrogens (tertiary/aromatic N) is 2. The molecule has 0 radical (unpaired) electrons. The number of nitrogens with one attached hydrogen (secondary N) is 1. The van der Waals surface area contributed by atoms with Crippen LogP contribution in [0.25, 0.3) is 11.5 Å². The van der Waals surface area contributed by atoms with Crippen molar-refractivity contribution in [2.24, 2.45) is 5.92 Å². The molecular formula is C27H32ClN3O5. The number of aliphatic carboxylic acids is 1. The minimum Gasteiger partial charge on any atom is -0.481 e. The summed E-state index contributed by atoms with van der Waals surface area (Å²) in [5.41, 5.74) is 4.59. The number of amides is 1. The summed E-state index contributed by atoms with van der Waals surface area (Å²) in [6.45, 7) is 8.11. The number of carbonyl (C=O) groups is 2. The Bertz CT molecular complexity index is 1260. The van der Waals surface area contributed by atoms with Gasteiger partial charge in [-0.2, -0.15) is 0 Å². The van der Waals surface area contributed by atoms with E-state index in [-0.39, 0.29) is 31.1 Å². The van der Waals surface area contributed by atoms with Crippen LogP contribution in [0.5, 0.6) is 0 Å². The zero-order chi connectivity index (χ0) is 26.0. The maximum Gasteiger partial charge on any atom is 0.303 e. The summed E-state index contributed by atoms with van der Waals surface area (Å²) in [5.74, 6) is 0.415. The second-order valence-electron chi connectivity index (χ2n) is 10.1. The van der Waals surface area contributed by atoms with E-state index in [4.69, 9.17) is 20.6 Å². The summed E-state index contributed by atoms with van der Waals surface area (Å²) in [6.07, 6.45) is 2.95. The van der Waals surface area contributed by atoms with E-state index in [1.54, 1.807) is 12.1 Å². The van der Waals surface area contributed by atoms with Crippen LogP contribution in [-0.2, 0) is 16.0 Å². The lowest BCUT2D eigenvalue weighted by molar-refractivity contribution is -0.137. The molecule has 1 fully saturated rings. The molecule has 1 amide bonds. The van der Waals surface area contributed by atoms with Gasteiger partial charge in [0.05, 0.1) is 16.4 Å². The molecule has 1 aromatic carbocycles. The van der Waals surface area contributed by atoms with Gasteiger partial charge < -0.3 is 19.5 Å². The summed E-state index contributed by atoms with van der Waals surface area (Å²) in [5, 5.41) is 21.3. The van der Waals surface area contributed by atoms with Gasteiger partial charge in [0.15, 0.2) is 11.5 Å². The van der Waals surface area contributed by atoms with Crippen LogP contribution in [0.15, 0.2) is 27.2 Å². The lowest BCUT2D eigenvalue weighted by Crippen LogP contribution is -2.17. The predicted molar refractivity (Wildman–Crippen MR) is 136 cm³/mol. The average molecular weight is 514 g/mol. The van der Waals surface area contributed by atoms with Crippen LogP contribution in [0.3, 0.4) is 0 Å². The molecule has 0 unspecified atom stereocenters. The van der Waals surface area contributed by atoms with E-state index in [1.807, 2.05) is 19.9 Å². The summed E-state index contributed by atoms with van der Waals surface area (Å²) >= 11 is 6.29. The van der Waals surface area contributed by atoms with Gasteiger partial charge in [0.1, 0.15) is 5.76 Å². The number of aromatic nitrogens is 2. The lowest BCUT2D eigenvalue weighted by Gasteiger charge is -2.16. The minimum absolute atomic E-state index is 0.0551. The molecule has 2 aromatic heterocycles. The van der Waals surface area contributed by atoms with Crippen molar-refractivity contribution in [3.8, 4) is 11.5 Å². The topological polar surface area (TPSA) is 118 Å². The van der Waals surface area contributed by atoms with Gasteiger partial charge in [-0.25, -0.2) is 0 Å². The van der Waals surface area contributed by atoms with Crippen LogP contribution in [0.4, 0.5) is 5.69 Å². The van der Waals surface area contributed by atoms with Gasteiger partial charge in [-0.1, -0.05) is 41.8 Å². The van der Waals surface area contributed by atoms with E-state index >= 15 is 0 Å². The Hall–Kier alpha value is -3.13. The fraction of sp³-hybridized carbons (Fsp3) is 0.481. The number of hydrogen-bond acceptors (Lipinski definition) is 6. The molecule has 1 saturated carbocycles. The molecule has 1 atom stereocenters. The molecular weight excluding hydrogens is 482 g/mol. The highest BCUT2D eigenvalue weighted by Crippen LogP contribution is 2.49. The van der Waals surface area contributed by atoms with Gasteiger partial charge in [0.2, 0.25) is 5.91 Å². The van der Waals surface area contributed by atoms with Crippen molar-refractivity contribution in [1.29, 1.82) is 0 Å². The molecule has 1 aliphatic rings. The number of aryl methyl sites for hydroxylation is 1. The zero-order valence-electron chi connectivity index (χ0n) is 21.1. The summed E-state index contributed by atoms with van der Waals surface area (Å²) < 4.78 is 11.5. The van der Waals surface area contributed by atoms with E-state index in [9.17, 15) is 14.7 Å². The Balaban J connectivity index is 1.64. The third-order valence-electron chi connectivity index (χ3n) is 6.49. The van der Waals surface area contributed by atoms with Gasteiger partial charge in [-0.3, -0.25) is 9.59 Å². The number of carboxylic acids is 1. The van der Waals surface area contributed by atoms with E-state index < -0.39 is 11.9 Å². The SMILES string of the molecule is Cc1ccc(NC(=O)C[C@H](CCC(=O)O)c2noc(-c3noc(CC(C)C)c3C)c2C2CC2)c(Cl)c1. The summed E-state index contributed by atoms with van der Waals surface area (Å²) in [7, 11) is 0. The fourth-order valence-corrected chi connectivity index (χ4v) is 4.75. The highest BCUT2D eigenvalue weighted by atomic mass is 35.5. The summed E-state index contributed by atoms with van der Waals surface area (Å²) in [6, 6.07) is 5.40. The van der Waals surface area contributed by atoms with Crippen LogP contribution in [-0.4, -0.2) is 27.3 Å². The van der Waals surface area contributed by atoms with Gasteiger partial charge in [-0.15, -0.1) is 0 Å². The maximum absolute atomic E-state index is 13.0. The minimum atomic E-state index is -0.927. The van der Waals surface area contributed by atoms with Gasteiger partial charge in [-0.05, 0) is 62.6 Å². The fourth-order valence-electron chi connectivity index (χ4n) is 4.46. The number of carboxylic acid groups (broad SMARTS) is 1. The Kier molecular flexibility index (Phi) is 7.83. The van der Waals surface area contributed by atoms with Crippen LogP contribution in [0.1, 0.15) is 85.9 Å². The van der Waals surface area contributed by atoms with Crippen molar-refractivity contribution in [1.82, 2.24) is 10.3 Å². The lowest BCUT2D eigenvalue weighted by atomic mass is 9.89. The molecule has 0 saturated heterocycles. The smallest absolute Gasteiger partial charge is 0.303 e. The van der Waals surface area contributed by atoms with Crippen LogP contribution in [0.2, 0.25) is 5.02 Å². The Morgan fingerprint density at radius 3 is 2.58 bits per heavy atom. The highest BCUT2D eigenvalue weighted by molar-refractivity contribution is 6.33. The monoisotopic (exact) mass is 513 g/mol. The van der Waals surface area contributed by atoms with E-state index in [0.717, 1.165) is 41.7 Å². The number of halogens is 1. The Morgan fingerprint density at radius 2 is 1.94 bits per heavy atom. The molecule has 0 aliphatic heterocycles. The third kappa shape index (κ3) is 5.98. The molecule has 0 spiro atoms. The van der Waals surface area contributed by atoms with Crippen molar-refractivity contribution in [3.05, 3.63) is 51.4 Å². The highest BCUT2D eigenvalue weighted by Gasteiger charge is 2.37. The van der Waals surface area contributed by atoms with Crippen molar-refractivity contribution in [2.75, 3.05) is 5.32 Å². The molecule has 1 aliphatic carbocycles. The quantitative estimate of drug-likeness (QED) is 0.294. The third-order valence-corrected chi connectivity index (χ3v) is 6.81. The second-order valence-corrected chi connectivity index (χ2v) is 10.5. The molecule has 36 heavy (non-hydrogen) atoms. The van der Waals surface area contributed by atoms with Crippen molar-refractivity contribution >= 4 is 29.2 Å². The number of rotatable bonds is 11. The van der Waals surface area contributed by atoms with Crippen molar-refractivity contribution in [2.45, 2.75) is 78.1 Å². The number of anilines is 1. The molecule has 192 valence electrons. The Morgan fingerprint density at radius 1 is 1.19 bits per heavy atom. The number of benzene rings is 1.